The highest BCUT2D eigenvalue weighted by atomic mass is 16.3. The minimum absolute atomic E-state index is 0.0685. The molecule has 1 fully saturated rings. The number of nitrogens with one attached hydrogen (secondary N) is 1. The maximum absolute atomic E-state index is 12.2. The molecule has 0 spiro atoms. The number of piperidine rings is 1. The highest BCUT2D eigenvalue weighted by Crippen LogP contribution is 2.22. The molecule has 0 aliphatic carbocycles. The molecule has 2 atom stereocenters. The Kier molecular flexibility index (Phi) is 5.05. The summed E-state index contributed by atoms with van der Waals surface area (Å²) in [7, 11) is 0. The van der Waals surface area contributed by atoms with Gasteiger partial charge in [-0.15, -0.1) is 0 Å². The number of likely N-dealkylation sites (tertiary alicyclic amines) is 1. The quantitative estimate of drug-likeness (QED) is 0.664. The summed E-state index contributed by atoms with van der Waals surface area (Å²) in [5, 5.41) is 21.3. The predicted octanol–water partition coefficient (Wildman–Crippen LogP) is 2.72. The lowest BCUT2D eigenvalue weighted by atomic mass is 9.92. The molecule has 2 N–H and O–H groups in total. The van der Waals surface area contributed by atoms with Gasteiger partial charge in [0.1, 0.15) is 17.4 Å². The summed E-state index contributed by atoms with van der Waals surface area (Å²) in [5.74, 6) is 0.709. The third kappa shape index (κ3) is 4.26. The first kappa shape index (κ1) is 15.9. The van der Waals surface area contributed by atoms with Crippen LogP contribution in [0.25, 0.3) is 0 Å². The highest BCUT2D eigenvalue weighted by molar-refractivity contribution is 6.06. The first-order valence-corrected chi connectivity index (χ1v) is 7.44. The third-order valence-electron chi connectivity index (χ3n) is 3.68. The van der Waals surface area contributed by atoms with Crippen LogP contribution in [0, 0.1) is 23.2 Å². The van der Waals surface area contributed by atoms with E-state index in [1.54, 1.807) is 18.3 Å². The number of aromatic hydroxyl groups is 1. The predicted molar refractivity (Wildman–Crippen MR) is 85.0 cm³/mol. The van der Waals surface area contributed by atoms with Crippen molar-refractivity contribution in [3.8, 4) is 11.8 Å². The van der Waals surface area contributed by atoms with Crippen molar-refractivity contribution in [1.82, 2.24) is 4.90 Å². The molecule has 0 saturated carbocycles. The van der Waals surface area contributed by atoms with Gasteiger partial charge in [-0.3, -0.25) is 4.79 Å². The molecule has 1 saturated heterocycles. The number of anilines is 1. The van der Waals surface area contributed by atoms with E-state index in [0.29, 0.717) is 17.5 Å². The van der Waals surface area contributed by atoms with Crippen LogP contribution < -0.4 is 5.32 Å². The Balaban J connectivity index is 2.08. The van der Waals surface area contributed by atoms with Crippen molar-refractivity contribution in [2.24, 2.45) is 11.8 Å². The van der Waals surface area contributed by atoms with Crippen LogP contribution in [-0.4, -0.2) is 29.0 Å². The second-order valence-electron chi connectivity index (χ2n) is 6.06. The average molecular weight is 299 g/mol. The van der Waals surface area contributed by atoms with Gasteiger partial charge in [0.25, 0.3) is 5.91 Å². The second-order valence-corrected chi connectivity index (χ2v) is 6.06. The number of carbonyl (C=O) groups is 1. The Hall–Kier alpha value is -2.48. The summed E-state index contributed by atoms with van der Waals surface area (Å²) in [5.41, 5.74) is 0.538. The van der Waals surface area contributed by atoms with Crippen molar-refractivity contribution in [2.75, 3.05) is 18.4 Å². The van der Waals surface area contributed by atoms with Crippen molar-refractivity contribution in [1.29, 1.82) is 5.26 Å². The summed E-state index contributed by atoms with van der Waals surface area (Å²) in [6.45, 7) is 6.06. The molecule has 0 aromatic heterocycles. The molecule has 1 aromatic carbocycles. The molecule has 1 amide bonds. The van der Waals surface area contributed by atoms with Gasteiger partial charge in [-0.25, -0.2) is 0 Å². The van der Waals surface area contributed by atoms with Gasteiger partial charge in [0, 0.05) is 31.0 Å². The Morgan fingerprint density at radius 2 is 2.09 bits per heavy atom. The minimum atomic E-state index is -0.459. The number of nitriles is 1. The topological polar surface area (TPSA) is 76.4 Å². The Bertz CT molecular complexity index is 609. The first-order valence-electron chi connectivity index (χ1n) is 7.44. The number of hydrogen-bond donors (Lipinski definition) is 2. The highest BCUT2D eigenvalue weighted by Gasteiger charge is 2.21. The zero-order chi connectivity index (χ0) is 16.1. The van der Waals surface area contributed by atoms with Gasteiger partial charge in [-0.05, 0) is 30.4 Å². The van der Waals surface area contributed by atoms with Crippen LogP contribution in [0.5, 0.6) is 5.75 Å². The van der Waals surface area contributed by atoms with Crippen LogP contribution in [0.4, 0.5) is 5.69 Å². The van der Waals surface area contributed by atoms with Crippen molar-refractivity contribution in [2.45, 2.75) is 20.3 Å². The normalized spacial score (nSPS) is 22.0. The van der Waals surface area contributed by atoms with Gasteiger partial charge in [0.15, 0.2) is 0 Å². The molecule has 1 aliphatic heterocycles. The molecule has 22 heavy (non-hydrogen) atoms. The SMILES string of the molecule is CC1CC(C)CN(/C=C(/C#N)C(=O)Nc2cccc(O)c2)C1. The lowest BCUT2D eigenvalue weighted by molar-refractivity contribution is -0.112. The molecule has 1 aliphatic rings. The molecule has 2 unspecified atom stereocenters. The van der Waals surface area contributed by atoms with Crippen molar-refractivity contribution in [3.63, 3.8) is 0 Å². The van der Waals surface area contributed by atoms with Crippen molar-refractivity contribution >= 4 is 11.6 Å². The molecular formula is C17H21N3O2. The van der Waals surface area contributed by atoms with Crippen LogP contribution in [0.3, 0.4) is 0 Å². The van der Waals surface area contributed by atoms with E-state index in [2.05, 4.69) is 19.2 Å². The fourth-order valence-corrected chi connectivity index (χ4v) is 2.92. The molecular weight excluding hydrogens is 278 g/mol. The Morgan fingerprint density at radius 3 is 2.68 bits per heavy atom. The van der Waals surface area contributed by atoms with E-state index in [9.17, 15) is 15.2 Å². The van der Waals surface area contributed by atoms with E-state index in [1.165, 1.54) is 18.6 Å². The van der Waals surface area contributed by atoms with Gasteiger partial charge >= 0.3 is 0 Å². The van der Waals surface area contributed by atoms with E-state index >= 15 is 0 Å². The molecule has 5 nitrogen and oxygen atoms in total. The average Bonchev–Trinajstić information content (AvgIpc) is 2.43. The van der Waals surface area contributed by atoms with Crippen molar-refractivity contribution < 1.29 is 9.90 Å². The fraction of sp³-hybridized carbons (Fsp3) is 0.412. The molecule has 2 rings (SSSR count). The Labute approximate surface area is 130 Å². The lowest BCUT2D eigenvalue weighted by Gasteiger charge is -2.34. The number of benzene rings is 1. The van der Waals surface area contributed by atoms with E-state index in [-0.39, 0.29) is 11.3 Å². The first-order chi connectivity index (χ1) is 10.5. The van der Waals surface area contributed by atoms with E-state index in [4.69, 9.17) is 0 Å². The molecule has 116 valence electrons. The number of carbonyl (C=O) groups excluding carboxylic acids is 1. The molecule has 1 heterocycles. The summed E-state index contributed by atoms with van der Waals surface area (Å²) in [6, 6.07) is 8.22. The van der Waals surface area contributed by atoms with Gasteiger partial charge in [0.2, 0.25) is 0 Å². The molecule has 1 aromatic rings. The van der Waals surface area contributed by atoms with Gasteiger partial charge in [-0.2, -0.15) is 5.26 Å². The van der Waals surface area contributed by atoms with E-state index in [0.717, 1.165) is 13.1 Å². The van der Waals surface area contributed by atoms with Crippen LogP contribution in [0.2, 0.25) is 0 Å². The monoisotopic (exact) mass is 299 g/mol. The number of phenolic OH excluding ortho intramolecular Hbond substituents is 1. The number of hydrogen-bond acceptors (Lipinski definition) is 4. The standard InChI is InChI=1S/C17H21N3O2/c1-12-6-13(2)10-20(9-12)11-14(8-18)17(22)19-15-4-3-5-16(21)7-15/h3-5,7,11-13,21H,6,9-10H2,1-2H3,(H,19,22)/b14-11-. The zero-order valence-electron chi connectivity index (χ0n) is 12.9. The van der Waals surface area contributed by atoms with E-state index < -0.39 is 5.91 Å². The maximum Gasteiger partial charge on any atom is 0.267 e. The summed E-state index contributed by atoms with van der Waals surface area (Å²) < 4.78 is 0. The van der Waals surface area contributed by atoms with Gasteiger partial charge in [-0.1, -0.05) is 19.9 Å². The second kappa shape index (κ2) is 6.99. The van der Waals surface area contributed by atoms with Gasteiger partial charge < -0.3 is 15.3 Å². The van der Waals surface area contributed by atoms with Crippen LogP contribution in [0.15, 0.2) is 36.0 Å². The zero-order valence-corrected chi connectivity index (χ0v) is 12.9. The fourth-order valence-electron chi connectivity index (χ4n) is 2.92. The number of phenols is 1. The third-order valence-corrected chi connectivity index (χ3v) is 3.68. The maximum atomic E-state index is 12.2. The van der Waals surface area contributed by atoms with E-state index in [1.807, 2.05) is 11.0 Å². The summed E-state index contributed by atoms with van der Waals surface area (Å²) >= 11 is 0. The lowest BCUT2D eigenvalue weighted by Crippen LogP contribution is -2.35. The summed E-state index contributed by atoms with van der Waals surface area (Å²) in [4.78, 5) is 14.2. The molecule has 5 heteroatoms. The largest absolute Gasteiger partial charge is 0.508 e. The van der Waals surface area contributed by atoms with Crippen LogP contribution in [0.1, 0.15) is 20.3 Å². The molecule has 0 radical (unpaired) electrons. The molecule has 0 bridgehead atoms. The number of amides is 1. The van der Waals surface area contributed by atoms with Gasteiger partial charge in [0.05, 0.1) is 0 Å². The van der Waals surface area contributed by atoms with Crippen molar-refractivity contribution in [3.05, 3.63) is 36.0 Å². The Morgan fingerprint density at radius 1 is 1.41 bits per heavy atom. The minimum Gasteiger partial charge on any atom is -0.508 e. The smallest absolute Gasteiger partial charge is 0.267 e. The van der Waals surface area contributed by atoms with Crippen LogP contribution in [-0.2, 0) is 4.79 Å². The number of nitrogens with zero attached hydrogens (tertiary/aromatic N) is 2. The van der Waals surface area contributed by atoms with Crippen LogP contribution >= 0.6 is 0 Å². The summed E-state index contributed by atoms with van der Waals surface area (Å²) in [6.07, 6.45) is 2.81. The number of rotatable bonds is 3.